The Morgan fingerprint density at radius 3 is 2.47 bits per heavy atom. The van der Waals surface area contributed by atoms with Crippen LogP contribution >= 0.6 is 0 Å². The van der Waals surface area contributed by atoms with Crippen molar-refractivity contribution in [3.05, 3.63) is 0 Å². The Morgan fingerprint density at radius 1 is 1.27 bits per heavy atom. The number of hydrogen-bond acceptors (Lipinski definition) is 3. The highest BCUT2D eigenvalue weighted by molar-refractivity contribution is 4.93. The van der Waals surface area contributed by atoms with Crippen molar-refractivity contribution in [3.8, 4) is 0 Å². The summed E-state index contributed by atoms with van der Waals surface area (Å²) >= 11 is 0. The molecule has 3 unspecified atom stereocenters. The molecule has 15 heavy (non-hydrogen) atoms. The number of β-amino-alcohol motifs (C(OH)–C–C–N with tert-alkyl or cyclic N) is 1. The minimum atomic E-state index is -0.171. The number of likely N-dealkylation sites (tertiary alicyclic amines) is 1. The van der Waals surface area contributed by atoms with Gasteiger partial charge in [-0.1, -0.05) is 13.8 Å². The zero-order chi connectivity index (χ0) is 11.1. The van der Waals surface area contributed by atoms with Gasteiger partial charge < -0.3 is 15.1 Å². The third kappa shape index (κ3) is 2.35. The van der Waals surface area contributed by atoms with E-state index in [0.29, 0.717) is 5.92 Å². The average Bonchev–Trinajstić information content (AvgIpc) is 2.66. The van der Waals surface area contributed by atoms with Gasteiger partial charge in [0.1, 0.15) is 0 Å². The highest BCUT2D eigenvalue weighted by Gasteiger charge is 2.41. The van der Waals surface area contributed by atoms with Crippen LogP contribution in [0.3, 0.4) is 0 Å². The van der Waals surface area contributed by atoms with Crippen molar-refractivity contribution in [3.63, 3.8) is 0 Å². The van der Waals surface area contributed by atoms with E-state index in [1.165, 1.54) is 0 Å². The summed E-state index contributed by atoms with van der Waals surface area (Å²) in [5.74, 6) is 0.408. The van der Waals surface area contributed by atoms with Crippen LogP contribution in [0.15, 0.2) is 0 Å². The predicted molar refractivity (Wildman–Crippen MR) is 59.6 cm³/mol. The van der Waals surface area contributed by atoms with Gasteiger partial charge in [0.15, 0.2) is 0 Å². The van der Waals surface area contributed by atoms with Gasteiger partial charge in [0.2, 0.25) is 0 Å². The minimum absolute atomic E-state index is 0.0863. The van der Waals surface area contributed by atoms with Gasteiger partial charge >= 0.3 is 0 Å². The second-order valence-electron chi connectivity index (χ2n) is 5.93. The van der Waals surface area contributed by atoms with E-state index < -0.39 is 0 Å². The van der Waals surface area contributed by atoms with Crippen molar-refractivity contribution in [2.24, 2.45) is 11.3 Å². The molecule has 1 heterocycles. The van der Waals surface area contributed by atoms with E-state index >= 15 is 0 Å². The van der Waals surface area contributed by atoms with E-state index in [-0.39, 0.29) is 17.6 Å². The molecule has 3 heteroatoms. The standard InChI is InChI=1S/C12H23NO2/c1-12(2)5-3-9(11(12)15)7-13-6-4-10(14)8-13/h9-11,14-15H,3-8H2,1-2H3. The Morgan fingerprint density at radius 2 is 2.00 bits per heavy atom. The first-order chi connectivity index (χ1) is 6.99. The first kappa shape index (κ1) is 11.4. The molecule has 88 valence electrons. The molecule has 0 spiro atoms. The maximum Gasteiger partial charge on any atom is 0.0679 e. The fourth-order valence-electron chi connectivity index (χ4n) is 3.00. The molecule has 2 rings (SSSR count). The van der Waals surface area contributed by atoms with Crippen LogP contribution in [0.2, 0.25) is 0 Å². The van der Waals surface area contributed by atoms with Crippen LogP contribution in [0.1, 0.15) is 33.1 Å². The van der Waals surface area contributed by atoms with Crippen LogP contribution in [-0.2, 0) is 0 Å². The maximum absolute atomic E-state index is 10.2. The molecular formula is C12H23NO2. The largest absolute Gasteiger partial charge is 0.392 e. The van der Waals surface area contributed by atoms with Gasteiger partial charge in [0.05, 0.1) is 12.2 Å². The topological polar surface area (TPSA) is 43.7 Å². The summed E-state index contributed by atoms with van der Waals surface area (Å²) in [7, 11) is 0. The van der Waals surface area contributed by atoms with Gasteiger partial charge in [-0.3, -0.25) is 0 Å². The smallest absolute Gasteiger partial charge is 0.0679 e. The minimum Gasteiger partial charge on any atom is -0.392 e. The quantitative estimate of drug-likeness (QED) is 0.715. The van der Waals surface area contributed by atoms with Gasteiger partial charge in [0, 0.05) is 19.6 Å². The van der Waals surface area contributed by atoms with Gasteiger partial charge in [-0.2, -0.15) is 0 Å². The van der Waals surface area contributed by atoms with Crippen molar-refractivity contribution < 1.29 is 10.2 Å². The Labute approximate surface area is 92.1 Å². The summed E-state index contributed by atoms with van der Waals surface area (Å²) in [5, 5.41) is 19.6. The fraction of sp³-hybridized carbons (Fsp3) is 1.00. The molecule has 0 bridgehead atoms. The first-order valence-corrected chi connectivity index (χ1v) is 6.07. The van der Waals surface area contributed by atoms with Crippen molar-refractivity contribution >= 4 is 0 Å². The molecule has 1 saturated heterocycles. The number of aliphatic hydroxyl groups excluding tert-OH is 2. The van der Waals surface area contributed by atoms with Crippen LogP contribution in [0.25, 0.3) is 0 Å². The summed E-state index contributed by atoms with van der Waals surface area (Å²) in [6.45, 7) is 7.04. The number of aliphatic hydroxyl groups is 2. The number of nitrogens with zero attached hydrogens (tertiary/aromatic N) is 1. The van der Waals surface area contributed by atoms with E-state index in [2.05, 4.69) is 18.7 Å². The molecule has 3 atom stereocenters. The Bertz CT molecular complexity index is 230. The molecule has 0 aromatic carbocycles. The Hall–Kier alpha value is -0.120. The maximum atomic E-state index is 10.2. The number of rotatable bonds is 2. The molecule has 0 aromatic rings. The summed E-state index contributed by atoms with van der Waals surface area (Å²) in [6, 6.07) is 0. The molecule has 1 aliphatic heterocycles. The van der Waals surface area contributed by atoms with E-state index in [9.17, 15) is 10.2 Å². The van der Waals surface area contributed by atoms with Gasteiger partial charge in [0.25, 0.3) is 0 Å². The summed E-state index contributed by atoms with van der Waals surface area (Å²) in [5.41, 5.74) is 0.0863. The summed E-state index contributed by atoms with van der Waals surface area (Å²) < 4.78 is 0. The third-order valence-corrected chi connectivity index (χ3v) is 4.15. The summed E-state index contributed by atoms with van der Waals surface area (Å²) in [6.07, 6.45) is 2.83. The van der Waals surface area contributed by atoms with E-state index in [0.717, 1.165) is 38.9 Å². The molecule has 0 amide bonds. The highest BCUT2D eigenvalue weighted by Crippen LogP contribution is 2.41. The molecule has 1 aliphatic carbocycles. The lowest BCUT2D eigenvalue weighted by atomic mass is 9.87. The Kier molecular flexibility index (Phi) is 3.06. The molecule has 0 aromatic heterocycles. The first-order valence-electron chi connectivity index (χ1n) is 6.07. The van der Waals surface area contributed by atoms with Crippen LogP contribution in [-0.4, -0.2) is 47.0 Å². The van der Waals surface area contributed by atoms with Crippen molar-refractivity contribution in [2.45, 2.75) is 45.3 Å². The third-order valence-electron chi connectivity index (χ3n) is 4.15. The molecule has 2 aliphatic rings. The van der Waals surface area contributed by atoms with Gasteiger partial charge in [-0.05, 0) is 30.6 Å². The predicted octanol–water partition coefficient (Wildman–Crippen LogP) is 0.850. The lowest BCUT2D eigenvalue weighted by Crippen LogP contribution is -2.36. The zero-order valence-electron chi connectivity index (χ0n) is 9.82. The molecule has 2 N–H and O–H groups in total. The van der Waals surface area contributed by atoms with E-state index in [1.54, 1.807) is 0 Å². The zero-order valence-corrected chi connectivity index (χ0v) is 9.82. The van der Waals surface area contributed by atoms with Crippen molar-refractivity contribution in [1.29, 1.82) is 0 Å². The summed E-state index contributed by atoms with van der Waals surface area (Å²) in [4.78, 5) is 2.29. The molecule has 2 fully saturated rings. The Balaban J connectivity index is 1.86. The van der Waals surface area contributed by atoms with E-state index in [4.69, 9.17) is 0 Å². The lowest BCUT2D eigenvalue weighted by molar-refractivity contribution is 0.0339. The molecule has 1 saturated carbocycles. The highest BCUT2D eigenvalue weighted by atomic mass is 16.3. The van der Waals surface area contributed by atoms with Crippen LogP contribution in [0, 0.1) is 11.3 Å². The van der Waals surface area contributed by atoms with Crippen LogP contribution in [0.4, 0.5) is 0 Å². The van der Waals surface area contributed by atoms with Crippen molar-refractivity contribution in [1.82, 2.24) is 4.90 Å². The fourth-order valence-corrected chi connectivity index (χ4v) is 3.00. The van der Waals surface area contributed by atoms with E-state index in [1.807, 2.05) is 0 Å². The van der Waals surface area contributed by atoms with Crippen LogP contribution < -0.4 is 0 Å². The lowest BCUT2D eigenvalue weighted by Gasteiger charge is -2.28. The van der Waals surface area contributed by atoms with Gasteiger partial charge in [-0.15, -0.1) is 0 Å². The molecule has 3 nitrogen and oxygen atoms in total. The normalized spacial score (nSPS) is 41.2. The molecule has 0 radical (unpaired) electrons. The number of hydrogen-bond donors (Lipinski definition) is 2. The second-order valence-corrected chi connectivity index (χ2v) is 5.93. The van der Waals surface area contributed by atoms with Crippen molar-refractivity contribution in [2.75, 3.05) is 19.6 Å². The van der Waals surface area contributed by atoms with Crippen LogP contribution in [0.5, 0.6) is 0 Å². The SMILES string of the molecule is CC1(C)CCC(CN2CCC(O)C2)C1O. The average molecular weight is 213 g/mol. The molecular weight excluding hydrogens is 190 g/mol. The monoisotopic (exact) mass is 213 g/mol. The second kappa shape index (κ2) is 4.04. The van der Waals surface area contributed by atoms with Gasteiger partial charge in [-0.25, -0.2) is 0 Å².